The third kappa shape index (κ3) is 5.00. The minimum Gasteiger partial charge on any atom is -0.369 e. The zero-order valence-corrected chi connectivity index (χ0v) is 12.8. The summed E-state index contributed by atoms with van der Waals surface area (Å²) in [5, 5.41) is 7.14. The molecule has 0 amide bonds. The molecule has 0 saturated carbocycles. The summed E-state index contributed by atoms with van der Waals surface area (Å²) in [5.41, 5.74) is 0. The maximum Gasteiger partial charge on any atom is 0.147 e. The Morgan fingerprint density at radius 1 is 1.22 bits per heavy atom. The van der Waals surface area contributed by atoms with Crippen molar-refractivity contribution in [3.8, 4) is 0 Å². The van der Waals surface area contributed by atoms with Crippen molar-refractivity contribution >= 4 is 45.6 Å². The zero-order valence-electron chi connectivity index (χ0n) is 10.4. The predicted octanol–water partition coefficient (Wildman–Crippen LogP) is 3.00. The molecule has 0 bridgehead atoms. The third-order valence-electron chi connectivity index (χ3n) is 2.15. The summed E-state index contributed by atoms with van der Waals surface area (Å²) < 4.78 is 11.0. The molecule has 1 rings (SSSR count). The largest absolute Gasteiger partial charge is 0.369 e. The molecule has 0 aliphatic carbocycles. The average Bonchev–Trinajstić information content (AvgIpc) is 2.30. The summed E-state index contributed by atoms with van der Waals surface area (Å²) in [7, 11) is -0.835. The Labute approximate surface area is 120 Å². The van der Waals surface area contributed by atoms with Gasteiger partial charge in [-0.1, -0.05) is 30.1 Å². The minimum absolute atomic E-state index is 0.462. The number of rotatable bonds is 7. The van der Waals surface area contributed by atoms with Crippen molar-refractivity contribution in [3.63, 3.8) is 0 Å². The summed E-state index contributed by atoms with van der Waals surface area (Å²) in [6.07, 6.45) is 2.64. The van der Waals surface area contributed by atoms with Crippen LogP contribution < -0.4 is 10.6 Å². The summed E-state index contributed by atoms with van der Waals surface area (Å²) in [5.74, 6) is 1.73. The van der Waals surface area contributed by atoms with E-state index in [0.29, 0.717) is 34.0 Å². The highest BCUT2D eigenvalue weighted by Crippen LogP contribution is 2.29. The second kappa shape index (κ2) is 7.81. The van der Waals surface area contributed by atoms with Crippen LogP contribution in [0.1, 0.15) is 13.3 Å². The van der Waals surface area contributed by atoms with Crippen LogP contribution in [-0.2, 0) is 10.8 Å². The van der Waals surface area contributed by atoms with Crippen LogP contribution in [0.4, 0.5) is 11.6 Å². The monoisotopic (exact) mass is 309 g/mol. The summed E-state index contributed by atoms with van der Waals surface area (Å²) in [6.45, 7) is 3.42. The van der Waals surface area contributed by atoms with E-state index in [1.165, 1.54) is 0 Å². The lowest BCUT2D eigenvalue weighted by atomic mass is 10.4. The first-order valence-electron chi connectivity index (χ1n) is 5.68. The van der Waals surface area contributed by atoms with E-state index in [-0.39, 0.29) is 0 Å². The Morgan fingerprint density at radius 3 is 2.28 bits per heavy atom. The van der Waals surface area contributed by atoms with E-state index in [2.05, 4.69) is 22.5 Å². The van der Waals surface area contributed by atoms with Gasteiger partial charge in [-0.2, -0.15) is 0 Å². The number of aromatic nitrogens is 1. The molecule has 0 aliphatic rings. The summed E-state index contributed by atoms with van der Waals surface area (Å²) in [4.78, 5) is 4.32. The molecule has 0 saturated heterocycles. The van der Waals surface area contributed by atoms with Crippen LogP contribution in [0.2, 0.25) is 10.0 Å². The molecule has 1 heterocycles. The standard InChI is InChI=1S/C11H17Cl2N3OS/c1-3-4-14-10-8(12)7-9(13)11(16-10)15-5-6-18(2)17/h7H,3-6H2,1-2H3,(H2,14,15,16). The Kier molecular flexibility index (Phi) is 6.75. The number of pyridine rings is 1. The van der Waals surface area contributed by atoms with Gasteiger partial charge in [0.05, 0.1) is 10.0 Å². The molecule has 1 unspecified atom stereocenters. The first kappa shape index (κ1) is 15.5. The molecular formula is C11H17Cl2N3OS. The Morgan fingerprint density at radius 2 is 1.78 bits per heavy atom. The van der Waals surface area contributed by atoms with Gasteiger partial charge in [0, 0.05) is 35.9 Å². The van der Waals surface area contributed by atoms with E-state index in [1.54, 1.807) is 12.3 Å². The molecule has 1 atom stereocenters. The highest BCUT2D eigenvalue weighted by atomic mass is 35.5. The van der Waals surface area contributed by atoms with Crippen LogP contribution >= 0.6 is 23.2 Å². The van der Waals surface area contributed by atoms with Gasteiger partial charge in [-0.15, -0.1) is 0 Å². The second-order valence-corrected chi connectivity index (χ2v) is 6.15. The van der Waals surface area contributed by atoms with Crippen molar-refractivity contribution in [2.45, 2.75) is 13.3 Å². The fourth-order valence-corrected chi connectivity index (χ4v) is 2.15. The SMILES string of the molecule is CCCNc1nc(NCCS(C)=O)c(Cl)cc1Cl. The Bertz CT molecular complexity index is 429. The molecule has 18 heavy (non-hydrogen) atoms. The molecule has 0 radical (unpaired) electrons. The van der Waals surface area contributed by atoms with Crippen LogP contribution in [0.15, 0.2) is 6.07 Å². The maximum absolute atomic E-state index is 11.0. The zero-order chi connectivity index (χ0) is 13.5. The molecule has 0 aromatic carbocycles. The van der Waals surface area contributed by atoms with Crippen LogP contribution in [0.25, 0.3) is 0 Å². The number of nitrogens with zero attached hydrogens (tertiary/aromatic N) is 1. The molecule has 0 fully saturated rings. The fraction of sp³-hybridized carbons (Fsp3) is 0.545. The lowest BCUT2D eigenvalue weighted by Crippen LogP contribution is -2.12. The summed E-state index contributed by atoms with van der Waals surface area (Å²) in [6, 6.07) is 1.65. The van der Waals surface area contributed by atoms with Crippen molar-refractivity contribution in [2.75, 3.05) is 35.7 Å². The van der Waals surface area contributed by atoms with Gasteiger partial charge in [0.15, 0.2) is 0 Å². The smallest absolute Gasteiger partial charge is 0.147 e. The Hall–Kier alpha value is -0.520. The van der Waals surface area contributed by atoms with Crippen molar-refractivity contribution < 1.29 is 4.21 Å². The molecule has 7 heteroatoms. The van der Waals surface area contributed by atoms with Crippen molar-refractivity contribution in [1.82, 2.24) is 4.98 Å². The van der Waals surface area contributed by atoms with Gasteiger partial charge >= 0.3 is 0 Å². The van der Waals surface area contributed by atoms with E-state index in [9.17, 15) is 4.21 Å². The van der Waals surface area contributed by atoms with E-state index >= 15 is 0 Å². The second-order valence-electron chi connectivity index (χ2n) is 3.78. The molecule has 1 aromatic heterocycles. The van der Waals surface area contributed by atoms with Crippen molar-refractivity contribution in [3.05, 3.63) is 16.1 Å². The van der Waals surface area contributed by atoms with E-state index in [1.807, 2.05) is 0 Å². The number of anilines is 2. The van der Waals surface area contributed by atoms with Gasteiger partial charge in [-0.05, 0) is 12.5 Å². The minimum atomic E-state index is -0.835. The quantitative estimate of drug-likeness (QED) is 0.813. The van der Waals surface area contributed by atoms with Gasteiger partial charge in [0.25, 0.3) is 0 Å². The van der Waals surface area contributed by atoms with Crippen LogP contribution in [0.5, 0.6) is 0 Å². The topological polar surface area (TPSA) is 54.0 Å². The van der Waals surface area contributed by atoms with Crippen molar-refractivity contribution in [2.24, 2.45) is 0 Å². The number of hydrogen-bond donors (Lipinski definition) is 2. The van der Waals surface area contributed by atoms with Gasteiger partial charge in [-0.3, -0.25) is 4.21 Å². The van der Waals surface area contributed by atoms with Gasteiger partial charge in [0.1, 0.15) is 11.6 Å². The fourth-order valence-electron chi connectivity index (χ4n) is 1.27. The first-order valence-corrected chi connectivity index (χ1v) is 8.16. The highest BCUT2D eigenvalue weighted by molar-refractivity contribution is 7.84. The molecule has 0 spiro atoms. The van der Waals surface area contributed by atoms with Gasteiger partial charge in [-0.25, -0.2) is 4.98 Å². The maximum atomic E-state index is 11.0. The van der Waals surface area contributed by atoms with Crippen molar-refractivity contribution in [1.29, 1.82) is 0 Å². The van der Waals surface area contributed by atoms with E-state index in [4.69, 9.17) is 23.2 Å². The average molecular weight is 310 g/mol. The molecule has 4 nitrogen and oxygen atoms in total. The van der Waals surface area contributed by atoms with Gasteiger partial charge in [0.2, 0.25) is 0 Å². The molecular weight excluding hydrogens is 293 g/mol. The lowest BCUT2D eigenvalue weighted by molar-refractivity contribution is 0.687. The van der Waals surface area contributed by atoms with Crippen LogP contribution in [-0.4, -0.2) is 34.3 Å². The molecule has 2 N–H and O–H groups in total. The molecule has 1 aromatic rings. The van der Waals surface area contributed by atoms with Gasteiger partial charge < -0.3 is 10.6 Å². The number of hydrogen-bond acceptors (Lipinski definition) is 4. The predicted molar refractivity (Wildman–Crippen MR) is 80.5 cm³/mol. The summed E-state index contributed by atoms with van der Waals surface area (Å²) >= 11 is 12.1. The van der Waals surface area contributed by atoms with Crippen LogP contribution in [0, 0.1) is 0 Å². The lowest BCUT2D eigenvalue weighted by Gasteiger charge is -2.11. The highest BCUT2D eigenvalue weighted by Gasteiger charge is 2.08. The Balaban J connectivity index is 2.74. The number of nitrogens with one attached hydrogen (secondary N) is 2. The van der Waals surface area contributed by atoms with E-state index in [0.717, 1.165) is 13.0 Å². The molecule has 102 valence electrons. The first-order chi connectivity index (χ1) is 8.54. The van der Waals surface area contributed by atoms with E-state index < -0.39 is 10.8 Å². The normalized spacial score (nSPS) is 12.2. The van der Waals surface area contributed by atoms with Crippen LogP contribution in [0.3, 0.4) is 0 Å². The number of halogens is 2. The molecule has 0 aliphatic heterocycles. The third-order valence-corrected chi connectivity index (χ3v) is 3.51.